The number of hydrogen-bond donors (Lipinski definition) is 2. The van der Waals surface area contributed by atoms with E-state index in [2.05, 4.69) is 11.1 Å². The Morgan fingerprint density at radius 1 is 1.06 bits per heavy atom. The van der Waals surface area contributed by atoms with Crippen LogP contribution in [-0.2, 0) is 4.79 Å². The van der Waals surface area contributed by atoms with Crippen LogP contribution in [-0.4, -0.2) is 63.5 Å². The fraction of sp³-hybridized carbons (Fsp3) is 0.292. The highest BCUT2D eigenvalue weighted by molar-refractivity contribution is 6.33. The van der Waals surface area contributed by atoms with Gasteiger partial charge in [0.15, 0.2) is 0 Å². The van der Waals surface area contributed by atoms with Crippen molar-refractivity contribution in [2.45, 2.75) is 18.4 Å². The highest BCUT2D eigenvalue weighted by Gasteiger charge is 2.50. The monoisotopic (exact) mass is 448 g/mol. The van der Waals surface area contributed by atoms with Crippen LogP contribution in [0.4, 0.5) is 0 Å². The second-order valence-corrected chi connectivity index (χ2v) is 8.79. The second-order valence-electron chi connectivity index (χ2n) is 8.39. The molecule has 0 bridgehead atoms. The Balaban J connectivity index is 1.32. The van der Waals surface area contributed by atoms with E-state index in [1.165, 1.54) is 0 Å². The number of aromatic nitrogens is 1. The van der Waals surface area contributed by atoms with E-state index in [1.54, 1.807) is 28.1 Å². The molecule has 7 nitrogen and oxygen atoms in total. The van der Waals surface area contributed by atoms with Gasteiger partial charge in [-0.2, -0.15) is 5.26 Å². The van der Waals surface area contributed by atoms with Gasteiger partial charge in [-0.25, -0.2) is 0 Å². The van der Waals surface area contributed by atoms with Crippen LogP contribution in [0.3, 0.4) is 0 Å². The molecule has 162 valence electrons. The third-order valence-electron chi connectivity index (χ3n) is 6.31. The lowest BCUT2D eigenvalue weighted by molar-refractivity contribution is -0.143. The Kier molecular flexibility index (Phi) is 4.92. The van der Waals surface area contributed by atoms with E-state index in [9.17, 15) is 20.0 Å². The minimum Gasteiger partial charge on any atom is -0.380 e. The number of piperazine rings is 1. The molecule has 1 aromatic heterocycles. The second kappa shape index (κ2) is 7.66. The first-order chi connectivity index (χ1) is 15.4. The standard InChI is InChI=1S/C24H21ClN4O3/c25-20-12-16(22(30)28-7-9-29(10-8-28)23(31)24(32)5-6-24)1-3-18(20)15-2-4-21-19(11-15)17(13-26)14-27-21/h1-4,11-12,14,27,32H,5-10H2. The summed E-state index contributed by atoms with van der Waals surface area (Å²) >= 11 is 6.54. The summed E-state index contributed by atoms with van der Waals surface area (Å²) in [6.07, 6.45) is 2.71. The average molecular weight is 449 g/mol. The maximum absolute atomic E-state index is 13.0. The Morgan fingerprint density at radius 3 is 2.44 bits per heavy atom. The number of fused-ring (bicyclic) bond motifs is 1. The molecule has 0 spiro atoms. The molecule has 2 amide bonds. The van der Waals surface area contributed by atoms with E-state index in [-0.39, 0.29) is 11.8 Å². The van der Waals surface area contributed by atoms with Crippen molar-refractivity contribution in [3.63, 3.8) is 0 Å². The van der Waals surface area contributed by atoms with E-state index >= 15 is 0 Å². The van der Waals surface area contributed by atoms with E-state index in [0.717, 1.165) is 22.0 Å². The van der Waals surface area contributed by atoms with Gasteiger partial charge >= 0.3 is 0 Å². The van der Waals surface area contributed by atoms with Crippen molar-refractivity contribution in [3.8, 4) is 17.2 Å². The molecule has 2 N–H and O–H groups in total. The number of hydrogen-bond acceptors (Lipinski definition) is 4. The maximum atomic E-state index is 13.0. The number of nitrogens with one attached hydrogen (secondary N) is 1. The Hall–Kier alpha value is -3.34. The summed E-state index contributed by atoms with van der Waals surface area (Å²) in [5, 5.41) is 20.6. The van der Waals surface area contributed by atoms with Gasteiger partial charge in [-0.05, 0) is 42.7 Å². The van der Waals surface area contributed by atoms with Crippen molar-refractivity contribution in [2.75, 3.05) is 26.2 Å². The van der Waals surface area contributed by atoms with Gasteiger partial charge in [0.2, 0.25) is 0 Å². The van der Waals surface area contributed by atoms with Gasteiger partial charge in [0, 0.05) is 59.4 Å². The third-order valence-corrected chi connectivity index (χ3v) is 6.62. The van der Waals surface area contributed by atoms with Gasteiger partial charge in [0.25, 0.3) is 11.8 Å². The number of amides is 2. The first-order valence-electron chi connectivity index (χ1n) is 10.5. The van der Waals surface area contributed by atoms with Crippen molar-refractivity contribution >= 4 is 34.3 Å². The SMILES string of the molecule is N#Cc1c[nH]c2ccc(-c3ccc(C(=O)N4CCN(C(=O)C5(O)CC5)CC4)cc3Cl)cc12. The Bertz CT molecular complexity index is 1280. The lowest BCUT2D eigenvalue weighted by Crippen LogP contribution is -2.53. The fourth-order valence-electron chi connectivity index (χ4n) is 4.18. The van der Waals surface area contributed by atoms with Gasteiger partial charge in [-0.3, -0.25) is 9.59 Å². The smallest absolute Gasteiger partial charge is 0.254 e. The zero-order valence-electron chi connectivity index (χ0n) is 17.3. The van der Waals surface area contributed by atoms with E-state index in [1.807, 2.05) is 24.3 Å². The number of benzene rings is 2. The average Bonchev–Trinajstić information content (AvgIpc) is 3.44. The van der Waals surface area contributed by atoms with E-state index < -0.39 is 5.60 Å². The maximum Gasteiger partial charge on any atom is 0.254 e. The van der Waals surface area contributed by atoms with Crippen molar-refractivity contribution in [2.24, 2.45) is 0 Å². The van der Waals surface area contributed by atoms with Gasteiger partial charge < -0.3 is 19.9 Å². The van der Waals surface area contributed by atoms with Crippen LogP contribution in [0.1, 0.15) is 28.8 Å². The van der Waals surface area contributed by atoms with Crippen LogP contribution in [0.2, 0.25) is 5.02 Å². The first kappa shape index (κ1) is 20.6. The molecule has 0 unspecified atom stereocenters. The highest BCUT2D eigenvalue weighted by atomic mass is 35.5. The van der Waals surface area contributed by atoms with Crippen LogP contribution in [0, 0.1) is 11.3 Å². The number of halogens is 1. The first-order valence-corrected chi connectivity index (χ1v) is 10.9. The molecule has 2 fully saturated rings. The zero-order valence-corrected chi connectivity index (χ0v) is 18.0. The van der Waals surface area contributed by atoms with E-state index in [0.29, 0.717) is 55.2 Å². The number of carbonyl (C=O) groups excluding carboxylic acids is 2. The van der Waals surface area contributed by atoms with Crippen LogP contribution >= 0.6 is 11.6 Å². The molecule has 2 heterocycles. The van der Waals surface area contributed by atoms with Gasteiger partial charge in [-0.15, -0.1) is 0 Å². The summed E-state index contributed by atoms with van der Waals surface area (Å²) in [6.45, 7) is 1.66. The minimum absolute atomic E-state index is 0.136. The summed E-state index contributed by atoms with van der Waals surface area (Å²) < 4.78 is 0. The van der Waals surface area contributed by atoms with Crippen molar-refractivity contribution in [1.82, 2.24) is 14.8 Å². The molecule has 2 aromatic carbocycles. The van der Waals surface area contributed by atoms with Crippen LogP contribution < -0.4 is 0 Å². The minimum atomic E-state index is -1.17. The quantitative estimate of drug-likeness (QED) is 0.642. The number of aromatic amines is 1. The van der Waals surface area contributed by atoms with E-state index in [4.69, 9.17) is 11.6 Å². The Morgan fingerprint density at radius 2 is 1.78 bits per heavy atom. The number of nitriles is 1. The number of nitrogens with zero attached hydrogens (tertiary/aromatic N) is 3. The molecule has 1 saturated carbocycles. The molecule has 1 aliphatic heterocycles. The summed E-state index contributed by atoms with van der Waals surface area (Å²) in [5.41, 5.74) is 2.40. The lowest BCUT2D eigenvalue weighted by Gasteiger charge is -2.35. The summed E-state index contributed by atoms with van der Waals surface area (Å²) in [4.78, 5) is 31.7. The fourth-order valence-corrected chi connectivity index (χ4v) is 4.47. The normalized spacial score (nSPS) is 17.3. The molecular formula is C24H21ClN4O3. The van der Waals surface area contributed by atoms with Crippen molar-refractivity contribution in [1.29, 1.82) is 5.26 Å². The Labute approximate surface area is 189 Å². The van der Waals surface area contributed by atoms with Crippen molar-refractivity contribution in [3.05, 3.63) is 58.7 Å². The van der Waals surface area contributed by atoms with Crippen LogP contribution in [0.5, 0.6) is 0 Å². The predicted octanol–water partition coefficient (Wildman–Crippen LogP) is 3.17. The summed E-state index contributed by atoms with van der Waals surface area (Å²) in [6, 6.07) is 13.1. The molecule has 8 heteroatoms. The molecular weight excluding hydrogens is 428 g/mol. The summed E-state index contributed by atoms with van der Waals surface area (Å²) in [5.74, 6) is -0.362. The molecule has 0 atom stereocenters. The summed E-state index contributed by atoms with van der Waals surface area (Å²) in [7, 11) is 0. The van der Waals surface area contributed by atoms with Crippen LogP contribution in [0.15, 0.2) is 42.6 Å². The molecule has 32 heavy (non-hydrogen) atoms. The third kappa shape index (κ3) is 3.52. The number of carbonyl (C=O) groups is 2. The lowest BCUT2D eigenvalue weighted by atomic mass is 10.0. The molecule has 3 aromatic rings. The van der Waals surface area contributed by atoms with Gasteiger partial charge in [0.05, 0.1) is 5.56 Å². The molecule has 1 aliphatic carbocycles. The predicted molar refractivity (Wildman–Crippen MR) is 120 cm³/mol. The molecule has 1 saturated heterocycles. The molecule has 0 radical (unpaired) electrons. The number of rotatable bonds is 3. The number of H-pyrrole nitrogens is 1. The number of aliphatic hydroxyl groups is 1. The largest absolute Gasteiger partial charge is 0.380 e. The van der Waals surface area contributed by atoms with Crippen LogP contribution in [0.25, 0.3) is 22.0 Å². The van der Waals surface area contributed by atoms with Crippen molar-refractivity contribution < 1.29 is 14.7 Å². The van der Waals surface area contributed by atoms with Gasteiger partial charge in [-0.1, -0.05) is 23.7 Å². The molecule has 5 rings (SSSR count). The molecule has 2 aliphatic rings. The topological polar surface area (TPSA) is 100 Å². The van der Waals surface area contributed by atoms with Gasteiger partial charge in [0.1, 0.15) is 11.7 Å². The highest BCUT2D eigenvalue weighted by Crippen LogP contribution is 2.37. The zero-order chi connectivity index (χ0) is 22.5.